The zero-order valence-electron chi connectivity index (χ0n) is 21.1. The summed E-state index contributed by atoms with van der Waals surface area (Å²) in [5, 5.41) is 16.2. The number of hydrogen-bond acceptors (Lipinski definition) is 7. The summed E-state index contributed by atoms with van der Waals surface area (Å²) >= 11 is 0. The molecule has 0 aliphatic carbocycles. The molecule has 4 aromatic rings. The number of aromatic amines is 1. The van der Waals surface area contributed by atoms with Crippen LogP contribution in [0, 0.1) is 11.3 Å². The lowest BCUT2D eigenvalue weighted by molar-refractivity contribution is -0.118. The minimum atomic E-state index is -0.110. The number of hydrogen-bond donors (Lipinski definition) is 3. The lowest BCUT2D eigenvalue weighted by Gasteiger charge is -2.36. The highest BCUT2D eigenvalue weighted by Gasteiger charge is 2.25. The molecular weight excluding hydrogens is 480 g/mol. The summed E-state index contributed by atoms with van der Waals surface area (Å²) in [6.07, 6.45) is 0. The summed E-state index contributed by atoms with van der Waals surface area (Å²) in [5.74, 6) is 0.912. The molecule has 1 fully saturated rings. The van der Waals surface area contributed by atoms with E-state index in [1.165, 1.54) is 6.92 Å². The summed E-state index contributed by atoms with van der Waals surface area (Å²) in [4.78, 5) is 41.3. The summed E-state index contributed by atoms with van der Waals surface area (Å²) < 4.78 is 0. The molecule has 1 aliphatic heterocycles. The Morgan fingerprint density at radius 3 is 2.47 bits per heavy atom. The molecule has 10 heteroatoms. The highest BCUT2D eigenvalue weighted by atomic mass is 16.2. The largest absolute Gasteiger partial charge is 0.368 e. The van der Waals surface area contributed by atoms with Gasteiger partial charge in [-0.3, -0.25) is 9.59 Å². The Kier molecular flexibility index (Phi) is 7.17. The number of fused-ring (bicyclic) bond motifs is 1. The maximum atomic E-state index is 13.4. The van der Waals surface area contributed by atoms with Gasteiger partial charge in [0, 0.05) is 51.8 Å². The number of rotatable bonds is 7. The van der Waals surface area contributed by atoms with E-state index in [1.807, 2.05) is 59.5 Å². The van der Waals surface area contributed by atoms with Crippen LogP contribution in [0.4, 0.5) is 11.5 Å². The first-order chi connectivity index (χ1) is 18.5. The molecule has 3 heterocycles. The number of piperazine rings is 1. The van der Waals surface area contributed by atoms with Gasteiger partial charge in [-0.05, 0) is 18.2 Å². The molecule has 0 saturated carbocycles. The quantitative estimate of drug-likeness (QED) is 0.327. The maximum Gasteiger partial charge on any atom is 0.270 e. The van der Waals surface area contributed by atoms with Crippen molar-refractivity contribution in [1.29, 1.82) is 5.26 Å². The summed E-state index contributed by atoms with van der Waals surface area (Å²) in [7, 11) is 0. The van der Waals surface area contributed by atoms with Crippen LogP contribution in [0.25, 0.3) is 22.4 Å². The van der Waals surface area contributed by atoms with Crippen molar-refractivity contribution in [2.45, 2.75) is 6.92 Å². The molecule has 0 bridgehead atoms. The maximum absolute atomic E-state index is 13.4. The molecule has 1 aliphatic rings. The second kappa shape index (κ2) is 11.0. The fourth-order valence-corrected chi connectivity index (χ4v) is 4.56. The van der Waals surface area contributed by atoms with Gasteiger partial charge in [-0.15, -0.1) is 0 Å². The van der Waals surface area contributed by atoms with Crippen LogP contribution in [0.5, 0.6) is 0 Å². The van der Waals surface area contributed by atoms with Crippen molar-refractivity contribution in [2.24, 2.45) is 0 Å². The zero-order valence-corrected chi connectivity index (χ0v) is 21.1. The van der Waals surface area contributed by atoms with E-state index in [2.05, 4.69) is 26.6 Å². The Morgan fingerprint density at radius 1 is 1.00 bits per heavy atom. The van der Waals surface area contributed by atoms with Gasteiger partial charge in [-0.2, -0.15) is 5.26 Å². The Bertz CT molecular complexity index is 1500. The van der Waals surface area contributed by atoms with Gasteiger partial charge in [0.25, 0.3) is 5.91 Å². The van der Waals surface area contributed by atoms with Crippen LogP contribution < -0.4 is 15.5 Å². The molecule has 2 aromatic heterocycles. The molecule has 38 heavy (non-hydrogen) atoms. The number of H-pyrrole nitrogens is 1. The first kappa shape index (κ1) is 24.8. The van der Waals surface area contributed by atoms with Gasteiger partial charge in [-0.25, -0.2) is 9.97 Å². The van der Waals surface area contributed by atoms with Crippen molar-refractivity contribution in [1.82, 2.24) is 25.2 Å². The van der Waals surface area contributed by atoms with Gasteiger partial charge in [0.15, 0.2) is 5.82 Å². The first-order valence-electron chi connectivity index (χ1n) is 12.5. The smallest absolute Gasteiger partial charge is 0.270 e. The number of nitriles is 1. The number of nitrogens with zero attached hydrogens (tertiary/aromatic N) is 5. The Morgan fingerprint density at radius 2 is 1.74 bits per heavy atom. The second-order valence-corrected chi connectivity index (χ2v) is 9.03. The van der Waals surface area contributed by atoms with E-state index in [4.69, 9.17) is 9.97 Å². The van der Waals surface area contributed by atoms with Crippen molar-refractivity contribution in [2.75, 3.05) is 49.5 Å². The summed E-state index contributed by atoms with van der Waals surface area (Å²) in [6, 6.07) is 21.2. The number of aromatic nitrogens is 3. The van der Waals surface area contributed by atoms with Crippen LogP contribution in [-0.2, 0) is 4.79 Å². The molecule has 5 rings (SSSR count). The molecule has 192 valence electrons. The van der Waals surface area contributed by atoms with Crippen LogP contribution in [0.1, 0.15) is 23.0 Å². The zero-order chi connectivity index (χ0) is 26.5. The van der Waals surface area contributed by atoms with E-state index < -0.39 is 0 Å². The number of anilines is 2. The van der Waals surface area contributed by atoms with Crippen LogP contribution in [0.15, 0.2) is 60.7 Å². The third-order valence-corrected chi connectivity index (χ3v) is 6.47. The molecule has 10 nitrogen and oxygen atoms in total. The van der Waals surface area contributed by atoms with Crippen molar-refractivity contribution in [3.05, 3.63) is 71.9 Å². The Labute approximate surface area is 220 Å². The summed E-state index contributed by atoms with van der Waals surface area (Å²) in [6.45, 7) is 4.74. The molecule has 1 saturated heterocycles. The molecular formula is C28H28N8O2. The second-order valence-electron chi connectivity index (χ2n) is 9.03. The normalized spacial score (nSPS) is 13.3. The van der Waals surface area contributed by atoms with Gasteiger partial charge in [0.2, 0.25) is 5.91 Å². The van der Waals surface area contributed by atoms with Gasteiger partial charge in [0.05, 0.1) is 16.6 Å². The highest BCUT2D eigenvalue weighted by molar-refractivity contribution is 6.00. The number of para-hydroxylation sites is 1. The molecule has 0 atom stereocenters. The topological polar surface area (TPSA) is 130 Å². The fourth-order valence-electron chi connectivity index (χ4n) is 4.56. The van der Waals surface area contributed by atoms with Crippen LogP contribution in [0.3, 0.4) is 0 Å². The van der Waals surface area contributed by atoms with Gasteiger partial charge < -0.3 is 25.4 Å². The highest BCUT2D eigenvalue weighted by Crippen LogP contribution is 2.27. The fraction of sp³-hybridized carbons (Fsp3) is 0.250. The minimum Gasteiger partial charge on any atom is -0.368 e. The van der Waals surface area contributed by atoms with Crippen molar-refractivity contribution in [3.8, 4) is 17.5 Å². The van der Waals surface area contributed by atoms with Crippen molar-refractivity contribution in [3.63, 3.8) is 0 Å². The van der Waals surface area contributed by atoms with Gasteiger partial charge in [-0.1, -0.05) is 42.5 Å². The Hall–Kier alpha value is -4.91. The minimum absolute atomic E-state index is 0.102. The number of amides is 2. The predicted molar refractivity (Wildman–Crippen MR) is 146 cm³/mol. The molecule has 2 amide bonds. The van der Waals surface area contributed by atoms with Crippen LogP contribution >= 0.6 is 0 Å². The average Bonchev–Trinajstić information content (AvgIpc) is 3.40. The third kappa shape index (κ3) is 5.27. The monoisotopic (exact) mass is 508 g/mol. The lowest BCUT2D eigenvalue weighted by atomic mass is 10.1. The SMILES string of the molecule is CC(=O)NCCNc1nc(-c2ccccc2)nc2[nH]c(C(=O)N3CCN(c4ccccc4C#N)CC3)cc12. The standard InChI is InChI=1S/C28H28N8O2/c1-19(37)30-11-12-31-26-22-17-23(32-27(22)34-25(33-26)20-7-3-2-4-8-20)28(38)36-15-13-35(14-16-36)24-10-6-5-9-21(24)18-29/h2-10,17H,11-16H2,1H3,(H,30,37)(H2,31,32,33,34). The van der Waals surface area contributed by atoms with E-state index in [0.29, 0.717) is 73.2 Å². The average molecular weight is 509 g/mol. The number of carbonyl (C=O) groups excluding carboxylic acids is 2. The van der Waals surface area contributed by atoms with E-state index in [-0.39, 0.29) is 11.8 Å². The number of benzene rings is 2. The van der Waals surface area contributed by atoms with Crippen LogP contribution in [0.2, 0.25) is 0 Å². The van der Waals surface area contributed by atoms with Crippen molar-refractivity contribution < 1.29 is 9.59 Å². The van der Waals surface area contributed by atoms with Gasteiger partial charge in [0.1, 0.15) is 23.2 Å². The van der Waals surface area contributed by atoms with E-state index in [1.54, 1.807) is 6.07 Å². The lowest BCUT2D eigenvalue weighted by Crippen LogP contribution is -2.49. The van der Waals surface area contributed by atoms with E-state index >= 15 is 0 Å². The number of carbonyl (C=O) groups is 2. The molecule has 0 radical (unpaired) electrons. The van der Waals surface area contributed by atoms with E-state index in [0.717, 1.165) is 11.3 Å². The Balaban J connectivity index is 1.37. The van der Waals surface area contributed by atoms with E-state index in [9.17, 15) is 14.9 Å². The summed E-state index contributed by atoms with van der Waals surface area (Å²) in [5.41, 5.74) is 3.39. The molecule has 3 N–H and O–H groups in total. The van der Waals surface area contributed by atoms with Gasteiger partial charge >= 0.3 is 0 Å². The third-order valence-electron chi connectivity index (χ3n) is 6.47. The number of nitrogens with one attached hydrogen (secondary N) is 3. The first-order valence-corrected chi connectivity index (χ1v) is 12.5. The molecule has 2 aromatic carbocycles. The molecule has 0 unspecified atom stereocenters. The van der Waals surface area contributed by atoms with Crippen molar-refractivity contribution >= 4 is 34.4 Å². The predicted octanol–water partition coefficient (Wildman–Crippen LogP) is 3.01. The van der Waals surface area contributed by atoms with Crippen LogP contribution in [-0.4, -0.2) is 70.9 Å². The molecule has 0 spiro atoms.